The molecule has 0 saturated carbocycles. The molecule has 2 aromatic heterocycles. The molecule has 0 aliphatic heterocycles. The lowest BCUT2D eigenvalue weighted by molar-refractivity contribution is 0.0600. The number of carbonyl (C=O) groups excluding carboxylic acids is 2. The summed E-state index contributed by atoms with van der Waals surface area (Å²) < 4.78 is 4.65. The number of rotatable bonds is 6. The molecule has 0 atom stereocenters. The van der Waals surface area contributed by atoms with Crippen molar-refractivity contribution < 1.29 is 14.3 Å². The van der Waals surface area contributed by atoms with E-state index < -0.39 is 5.97 Å². The summed E-state index contributed by atoms with van der Waals surface area (Å²) in [7, 11) is 1.33. The maximum absolute atomic E-state index is 12.1. The van der Waals surface area contributed by atoms with Crippen molar-refractivity contribution in [3.05, 3.63) is 78.0 Å². The molecule has 0 unspecified atom stereocenters. The zero-order valence-electron chi connectivity index (χ0n) is 14.5. The van der Waals surface area contributed by atoms with Crippen LogP contribution >= 0.6 is 0 Å². The predicted molar refractivity (Wildman–Crippen MR) is 98.5 cm³/mol. The first-order chi connectivity index (χ1) is 13.2. The third kappa shape index (κ3) is 4.85. The summed E-state index contributed by atoms with van der Waals surface area (Å²) in [6.07, 6.45) is 4.52. The molecule has 1 aromatic carbocycles. The molecule has 0 spiro atoms. The molecule has 8 heteroatoms. The van der Waals surface area contributed by atoms with Crippen molar-refractivity contribution in [1.82, 2.24) is 20.3 Å². The van der Waals surface area contributed by atoms with Crippen LogP contribution in [-0.2, 0) is 11.3 Å². The van der Waals surface area contributed by atoms with Crippen molar-refractivity contribution in [2.75, 3.05) is 12.4 Å². The van der Waals surface area contributed by atoms with E-state index in [4.69, 9.17) is 0 Å². The summed E-state index contributed by atoms with van der Waals surface area (Å²) in [5.74, 6) is -0.258. The van der Waals surface area contributed by atoms with E-state index in [0.717, 1.165) is 11.4 Å². The summed E-state index contributed by atoms with van der Waals surface area (Å²) in [5, 5.41) is 5.78. The van der Waals surface area contributed by atoms with E-state index in [-0.39, 0.29) is 11.6 Å². The molecule has 0 radical (unpaired) electrons. The number of ether oxygens (including phenoxy) is 1. The lowest BCUT2D eigenvalue weighted by atomic mass is 10.2. The van der Waals surface area contributed by atoms with Crippen LogP contribution in [0.3, 0.4) is 0 Å². The van der Waals surface area contributed by atoms with Crippen LogP contribution in [-0.4, -0.2) is 33.9 Å². The molecule has 2 N–H and O–H groups in total. The molecule has 1 amide bonds. The number of amides is 1. The number of aromatic nitrogens is 3. The summed E-state index contributed by atoms with van der Waals surface area (Å²) in [6, 6.07) is 12.2. The first-order valence-electron chi connectivity index (χ1n) is 8.11. The second kappa shape index (κ2) is 8.52. The molecule has 0 aliphatic carbocycles. The van der Waals surface area contributed by atoms with Gasteiger partial charge in [-0.2, -0.15) is 0 Å². The van der Waals surface area contributed by atoms with Crippen molar-refractivity contribution in [2.24, 2.45) is 0 Å². The second-order valence-corrected chi connectivity index (χ2v) is 5.48. The van der Waals surface area contributed by atoms with Gasteiger partial charge in [0, 0.05) is 11.9 Å². The minimum atomic E-state index is -0.401. The maximum atomic E-state index is 12.1. The Morgan fingerprint density at radius 2 is 1.81 bits per heavy atom. The van der Waals surface area contributed by atoms with Gasteiger partial charge in [-0.05, 0) is 36.4 Å². The first-order valence-corrected chi connectivity index (χ1v) is 8.11. The zero-order chi connectivity index (χ0) is 19.1. The molecule has 0 bridgehead atoms. The number of pyridine rings is 1. The Morgan fingerprint density at radius 3 is 2.44 bits per heavy atom. The van der Waals surface area contributed by atoms with E-state index in [0.29, 0.717) is 17.9 Å². The van der Waals surface area contributed by atoms with E-state index in [9.17, 15) is 9.59 Å². The fraction of sp³-hybridized carbons (Fsp3) is 0.105. The topological polar surface area (TPSA) is 106 Å². The second-order valence-electron chi connectivity index (χ2n) is 5.48. The van der Waals surface area contributed by atoms with Crippen molar-refractivity contribution in [2.45, 2.75) is 6.54 Å². The number of benzene rings is 1. The average molecular weight is 363 g/mol. The third-order valence-corrected chi connectivity index (χ3v) is 3.62. The average Bonchev–Trinajstić information content (AvgIpc) is 2.73. The van der Waals surface area contributed by atoms with E-state index in [2.05, 4.69) is 30.3 Å². The van der Waals surface area contributed by atoms with Crippen LogP contribution in [0.1, 0.15) is 26.5 Å². The van der Waals surface area contributed by atoms with Gasteiger partial charge in [0.25, 0.3) is 5.91 Å². The third-order valence-electron chi connectivity index (χ3n) is 3.62. The fourth-order valence-corrected chi connectivity index (χ4v) is 2.23. The molecule has 3 aromatic rings. The van der Waals surface area contributed by atoms with Gasteiger partial charge in [0.05, 0.1) is 37.3 Å². The first kappa shape index (κ1) is 18.0. The van der Waals surface area contributed by atoms with Gasteiger partial charge < -0.3 is 15.4 Å². The number of methoxy groups -OCH3 is 1. The van der Waals surface area contributed by atoms with Gasteiger partial charge in [-0.15, -0.1) is 0 Å². The maximum Gasteiger partial charge on any atom is 0.337 e. The van der Waals surface area contributed by atoms with E-state index >= 15 is 0 Å². The van der Waals surface area contributed by atoms with Crippen LogP contribution in [0.4, 0.5) is 11.5 Å². The van der Waals surface area contributed by atoms with Gasteiger partial charge in [-0.1, -0.05) is 6.07 Å². The predicted octanol–water partition coefficient (Wildman–Crippen LogP) is 2.33. The normalized spacial score (nSPS) is 10.1. The molecule has 8 nitrogen and oxygen atoms in total. The molecule has 0 aliphatic rings. The van der Waals surface area contributed by atoms with E-state index in [1.54, 1.807) is 30.5 Å². The fourth-order valence-electron chi connectivity index (χ4n) is 2.23. The molecule has 136 valence electrons. The van der Waals surface area contributed by atoms with Gasteiger partial charge in [0.1, 0.15) is 11.5 Å². The lowest BCUT2D eigenvalue weighted by Crippen LogP contribution is -2.24. The highest BCUT2D eigenvalue weighted by Gasteiger charge is 2.09. The van der Waals surface area contributed by atoms with Gasteiger partial charge in [0.15, 0.2) is 0 Å². The Balaban J connectivity index is 1.58. The SMILES string of the molecule is COC(=O)c1ccc(Nc2cnc(C(=O)NCc3ccccn3)cn2)cc1. The van der Waals surface area contributed by atoms with Crippen molar-refractivity contribution in [3.8, 4) is 0 Å². The highest BCUT2D eigenvalue weighted by atomic mass is 16.5. The number of hydrogen-bond acceptors (Lipinski definition) is 7. The Labute approximate surface area is 155 Å². The standard InChI is InChI=1S/C19H17N5O3/c1-27-19(26)13-5-7-14(8-6-13)24-17-12-21-16(11-22-17)18(25)23-10-15-4-2-3-9-20-15/h2-9,11-12H,10H2,1H3,(H,22,24)(H,23,25). The van der Waals surface area contributed by atoms with Crippen molar-refractivity contribution >= 4 is 23.4 Å². The number of nitrogens with zero attached hydrogens (tertiary/aromatic N) is 3. The Morgan fingerprint density at radius 1 is 1.00 bits per heavy atom. The largest absolute Gasteiger partial charge is 0.465 e. The van der Waals surface area contributed by atoms with Gasteiger partial charge in [0.2, 0.25) is 0 Å². The smallest absolute Gasteiger partial charge is 0.337 e. The Kier molecular flexibility index (Phi) is 5.68. The molecular weight excluding hydrogens is 346 g/mol. The van der Waals surface area contributed by atoms with Gasteiger partial charge in [-0.3, -0.25) is 9.78 Å². The van der Waals surface area contributed by atoms with Gasteiger partial charge >= 0.3 is 5.97 Å². The number of nitrogens with one attached hydrogen (secondary N) is 2. The van der Waals surface area contributed by atoms with Crippen LogP contribution in [0.15, 0.2) is 61.1 Å². The molecule has 0 fully saturated rings. The lowest BCUT2D eigenvalue weighted by Gasteiger charge is -2.07. The monoisotopic (exact) mass is 363 g/mol. The minimum absolute atomic E-state index is 0.206. The number of anilines is 2. The van der Waals surface area contributed by atoms with Gasteiger partial charge in [-0.25, -0.2) is 14.8 Å². The van der Waals surface area contributed by atoms with Crippen LogP contribution < -0.4 is 10.6 Å². The zero-order valence-corrected chi connectivity index (χ0v) is 14.5. The summed E-state index contributed by atoms with van der Waals surface area (Å²) in [4.78, 5) is 36.0. The number of hydrogen-bond donors (Lipinski definition) is 2. The molecular formula is C19H17N5O3. The van der Waals surface area contributed by atoms with Crippen LogP contribution in [0.2, 0.25) is 0 Å². The summed E-state index contributed by atoms with van der Waals surface area (Å²) in [6.45, 7) is 0.313. The molecule has 27 heavy (non-hydrogen) atoms. The van der Waals surface area contributed by atoms with Crippen molar-refractivity contribution in [1.29, 1.82) is 0 Å². The van der Waals surface area contributed by atoms with E-state index in [1.807, 2.05) is 18.2 Å². The van der Waals surface area contributed by atoms with Crippen molar-refractivity contribution in [3.63, 3.8) is 0 Å². The molecule has 3 rings (SSSR count). The Bertz CT molecular complexity index is 912. The minimum Gasteiger partial charge on any atom is -0.465 e. The summed E-state index contributed by atoms with van der Waals surface area (Å²) in [5.41, 5.74) is 2.14. The quantitative estimate of drug-likeness (QED) is 0.647. The summed E-state index contributed by atoms with van der Waals surface area (Å²) >= 11 is 0. The number of esters is 1. The van der Waals surface area contributed by atoms with Crippen LogP contribution in [0.5, 0.6) is 0 Å². The van der Waals surface area contributed by atoms with Crippen LogP contribution in [0.25, 0.3) is 0 Å². The van der Waals surface area contributed by atoms with E-state index in [1.165, 1.54) is 19.5 Å². The Hall–Kier alpha value is -3.81. The number of carbonyl (C=O) groups is 2. The highest BCUT2D eigenvalue weighted by molar-refractivity contribution is 5.92. The highest BCUT2D eigenvalue weighted by Crippen LogP contribution is 2.15. The van der Waals surface area contributed by atoms with Crippen LogP contribution in [0, 0.1) is 0 Å². The molecule has 2 heterocycles. The molecule has 0 saturated heterocycles.